The molecule has 0 aliphatic carbocycles. The summed E-state index contributed by atoms with van der Waals surface area (Å²) in [6.45, 7) is 3.80. The van der Waals surface area contributed by atoms with Gasteiger partial charge in [0, 0.05) is 41.7 Å². The Morgan fingerprint density at radius 1 is 1.32 bits per heavy atom. The van der Waals surface area contributed by atoms with Crippen LogP contribution in [0.15, 0.2) is 29.1 Å². The molecular formula is C21H23N3O4. The maximum absolute atomic E-state index is 12.2. The van der Waals surface area contributed by atoms with Gasteiger partial charge in [0.05, 0.1) is 5.69 Å². The summed E-state index contributed by atoms with van der Waals surface area (Å²) >= 11 is 0. The van der Waals surface area contributed by atoms with E-state index in [0.29, 0.717) is 23.6 Å². The van der Waals surface area contributed by atoms with E-state index in [1.54, 1.807) is 0 Å². The van der Waals surface area contributed by atoms with Crippen molar-refractivity contribution in [3.63, 3.8) is 0 Å². The Labute approximate surface area is 161 Å². The van der Waals surface area contributed by atoms with Gasteiger partial charge in [-0.2, -0.15) is 0 Å². The first-order valence-electron chi connectivity index (χ1n) is 9.44. The van der Waals surface area contributed by atoms with Crippen LogP contribution in [0.4, 0.5) is 0 Å². The number of aromatic nitrogens is 2. The average Bonchev–Trinajstić information content (AvgIpc) is 3.29. The molecule has 0 bridgehead atoms. The quantitative estimate of drug-likeness (QED) is 0.556. The number of rotatable bonds is 4. The lowest BCUT2D eigenvalue weighted by molar-refractivity contribution is 0.0691. The number of aryl methyl sites for hydroxylation is 1. The van der Waals surface area contributed by atoms with Gasteiger partial charge in [0.15, 0.2) is 5.56 Å². The minimum Gasteiger partial charge on any atom is -0.506 e. The second-order valence-corrected chi connectivity index (χ2v) is 7.28. The molecule has 0 radical (unpaired) electrons. The van der Waals surface area contributed by atoms with Crippen LogP contribution in [0.25, 0.3) is 22.2 Å². The van der Waals surface area contributed by atoms with E-state index in [4.69, 9.17) is 0 Å². The molecule has 3 aromatic rings. The normalized spacial score (nSPS) is 16.7. The molecule has 0 amide bonds. The fourth-order valence-electron chi connectivity index (χ4n) is 4.24. The van der Waals surface area contributed by atoms with Crippen LogP contribution in [0.2, 0.25) is 0 Å². The molecule has 7 heteroatoms. The average molecular weight is 381 g/mol. The first-order valence-corrected chi connectivity index (χ1v) is 9.44. The molecular weight excluding hydrogens is 358 g/mol. The van der Waals surface area contributed by atoms with E-state index in [0.717, 1.165) is 36.0 Å². The zero-order valence-electron chi connectivity index (χ0n) is 15.9. The maximum atomic E-state index is 12.2. The first-order chi connectivity index (χ1) is 13.4. The third-order valence-corrected chi connectivity index (χ3v) is 5.70. The van der Waals surface area contributed by atoms with E-state index in [-0.39, 0.29) is 0 Å². The molecule has 2 aromatic heterocycles. The highest BCUT2D eigenvalue weighted by Crippen LogP contribution is 2.34. The number of nitrogens with zero attached hydrogens (tertiary/aromatic N) is 1. The smallest absolute Gasteiger partial charge is 0.345 e. The summed E-state index contributed by atoms with van der Waals surface area (Å²) in [7, 11) is 2.06. The van der Waals surface area contributed by atoms with E-state index >= 15 is 0 Å². The van der Waals surface area contributed by atoms with E-state index < -0.39 is 22.8 Å². The summed E-state index contributed by atoms with van der Waals surface area (Å²) in [6, 6.07) is 8.04. The summed E-state index contributed by atoms with van der Waals surface area (Å²) in [6.07, 6.45) is 1.50. The predicted molar refractivity (Wildman–Crippen MR) is 107 cm³/mol. The van der Waals surface area contributed by atoms with Crippen LogP contribution >= 0.6 is 0 Å². The molecule has 1 saturated heterocycles. The van der Waals surface area contributed by atoms with Crippen molar-refractivity contribution in [2.45, 2.75) is 25.7 Å². The second kappa shape index (κ2) is 6.83. The van der Waals surface area contributed by atoms with Crippen LogP contribution in [0.1, 0.15) is 40.9 Å². The maximum Gasteiger partial charge on any atom is 0.345 e. The Balaban J connectivity index is 1.88. The van der Waals surface area contributed by atoms with Crippen LogP contribution < -0.4 is 10.9 Å². The molecule has 3 heterocycles. The van der Waals surface area contributed by atoms with Gasteiger partial charge in [0.2, 0.25) is 0 Å². The topological polar surface area (TPSA) is 107 Å². The first kappa shape index (κ1) is 18.3. The number of benzene rings is 1. The SMILES string of the molecule is CCc1c(-c2ccc3c(c2)cc(C2CCNC2)n3C)[nH]c(=O)c(C(=O)O)c1O. The second-order valence-electron chi connectivity index (χ2n) is 7.28. The van der Waals surface area contributed by atoms with Gasteiger partial charge in [-0.1, -0.05) is 13.0 Å². The highest BCUT2D eigenvalue weighted by molar-refractivity contribution is 5.92. The van der Waals surface area contributed by atoms with Crippen molar-refractivity contribution in [3.8, 4) is 17.0 Å². The molecule has 0 spiro atoms. The lowest BCUT2D eigenvalue weighted by atomic mass is 9.99. The van der Waals surface area contributed by atoms with Crippen molar-refractivity contribution in [2.24, 2.45) is 7.05 Å². The highest BCUT2D eigenvalue weighted by Gasteiger charge is 2.23. The van der Waals surface area contributed by atoms with Crippen LogP contribution in [0.3, 0.4) is 0 Å². The molecule has 1 aromatic carbocycles. The molecule has 7 nitrogen and oxygen atoms in total. The molecule has 146 valence electrons. The Bertz CT molecular complexity index is 1140. The van der Waals surface area contributed by atoms with Crippen molar-refractivity contribution in [1.82, 2.24) is 14.9 Å². The van der Waals surface area contributed by atoms with Crippen molar-refractivity contribution in [2.75, 3.05) is 13.1 Å². The minimum atomic E-state index is -1.44. The predicted octanol–water partition coefficient (Wildman–Crippen LogP) is 2.58. The molecule has 4 N–H and O–H groups in total. The van der Waals surface area contributed by atoms with Gasteiger partial charge in [-0.15, -0.1) is 0 Å². The third kappa shape index (κ3) is 2.79. The van der Waals surface area contributed by atoms with Gasteiger partial charge in [-0.3, -0.25) is 4.79 Å². The van der Waals surface area contributed by atoms with Gasteiger partial charge >= 0.3 is 5.97 Å². The van der Waals surface area contributed by atoms with Gasteiger partial charge in [-0.25, -0.2) is 4.79 Å². The molecule has 1 aliphatic heterocycles. The molecule has 1 aliphatic rings. The summed E-state index contributed by atoms with van der Waals surface area (Å²) in [5.74, 6) is -1.42. The molecule has 1 unspecified atom stereocenters. The fraction of sp³-hybridized carbons (Fsp3) is 0.333. The monoisotopic (exact) mass is 381 g/mol. The van der Waals surface area contributed by atoms with E-state index in [2.05, 4.69) is 28.0 Å². The number of aromatic carboxylic acids is 1. The van der Waals surface area contributed by atoms with Gasteiger partial charge in [0.25, 0.3) is 5.56 Å². The van der Waals surface area contributed by atoms with Crippen molar-refractivity contribution in [1.29, 1.82) is 0 Å². The number of hydrogen-bond donors (Lipinski definition) is 4. The van der Waals surface area contributed by atoms with Crippen molar-refractivity contribution in [3.05, 3.63) is 51.4 Å². The summed E-state index contributed by atoms with van der Waals surface area (Å²) in [5.41, 5.74) is 2.58. The lowest BCUT2D eigenvalue weighted by Gasteiger charge is -2.12. The Kier molecular flexibility index (Phi) is 4.47. The van der Waals surface area contributed by atoms with Gasteiger partial charge < -0.3 is 25.1 Å². The molecule has 1 fully saturated rings. The zero-order valence-corrected chi connectivity index (χ0v) is 15.9. The van der Waals surface area contributed by atoms with Gasteiger partial charge in [-0.05, 0) is 43.1 Å². The van der Waals surface area contributed by atoms with Crippen LogP contribution in [-0.4, -0.2) is 38.8 Å². The largest absolute Gasteiger partial charge is 0.506 e. The van der Waals surface area contributed by atoms with Crippen LogP contribution in [0, 0.1) is 0 Å². The Morgan fingerprint density at radius 2 is 2.11 bits per heavy atom. The fourth-order valence-corrected chi connectivity index (χ4v) is 4.24. The number of fused-ring (bicyclic) bond motifs is 1. The number of carboxylic acid groups (broad SMARTS) is 1. The van der Waals surface area contributed by atoms with E-state index in [9.17, 15) is 19.8 Å². The zero-order chi connectivity index (χ0) is 20.0. The lowest BCUT2D eigenvalue weighted by Crippen LogP contribution is -2.20. The standard InChI is InChI=1S/C21H23N3O4/c1-3-14-18(23-20(26)17(19(14)25)21(27)28)11-4-5-15-13(8-11)9-16(24(15)2)12-6-7-22-10-12/h4-5,8-9,12,22H,3,6-7,10H2,1-2H3,(H,27,28)(H2,23,25,26). The number of aromatic hydroxyl groups is 1. The molecule has 1 atom stereocenters. The number of H-pyrrole nitrogens is 1. The number of carbonyl (C=O) groups is 1. The highest BCUT2D eigenvalue weighted by atomic mass is 16.4. The number of hydrogen-bond acceptors (Lipinski definition) is 4. The van der Waals surface area contributed by atoms with Gasteiger partial charge in [0.1, 0.15) is 5.75 Å². The van der Waals surface area contributed by atoms with Crippen LogP contribution in [-0.2, 0) is 13.5 Å². The number of carboxylic acids is 1. The Morgan fingerprint density at radius 3 is 2.75 bits per heavy atom. The van der Waals surface area contributed by atoms with Crippen LogP contribution in [0.5, 0.6) is 5.75 Å². The summed E-state index contributed by atoms with van der Waals surface area (Å²) < 4.78 is 2.20. The van der Waals surface area contributed by atoms with E-state index in [1.165, 1.54) is 5.69 Å². The summed E-state index contributed by atoms with van der Waals surface area (Å²) in [4.78, 5) is 26.2. The molecule has 0 saturated carbocycles. The molecule has 4 rings (SSSR count). The summed E-state index contributed by atoms with van der Waals surface area (Å²) in [5, 5.41) is 24.0. The van der Waals surface area contributed by atoms with Crippen molar-refractivity contribution < 1.29 is 15.0 Å². The number of nitrogens with one attached hydrogen (secondary N) is 2. The number of pyridine rings is 1. The number of aromatic amines is 1. The van der Waals surface area contributed by atoms with Crippen molar-refractivity contribution >= 4 is 16.9 Å². The third-order valence-electron chi connectivity index (χ3n) is 5.70. The Hall–Kier alpha value is -3.06. The molecule has 28 heavy (non-hydrogen) atoms. The minimum absolute atomic E-state index is 0.393. The van der Waals surface area contributed by atoms with E-state index in [1.807, 2.05) is 25.1 Å².